The predicted octanol–water partition coefficient (Wildman–Crippen LogP) is 1.46. The van der Waals surface area contributed by atoms with Crippen LogP contribution in [-0.4, -0.2) is 37.7 Å². The molecule has 0 radical (unpaired) electrons. The average molecular weight is 318 g/mol. The van der Waals surface area contributed by atoms with Gasteiger partial charge in [0, 0.05) is 30.8 Å². The van der Waals surface area contributed by atoms with E-state index in [1.165, 1.54) is 11.1 Å². The molecule has 3 rings (SSSR count). The van der Waals surface area contributed by atoms with Crippen LogP contribution < -0.4 is 9.80 Å². The van der Waals surface area contributed by atoms with Gasteiger partial charge in [0.15, 0.2) is 0 Å². The van der Waals surface area contributed by atoms with Crippen LogP contribution in [0.25, 0.3) is 0 Å². The van der Waals surface area contributed by atoms with E-state index >= 15 is 0 Å². The fourth-order valence-corrected chi connectivity index (χ4v) is 2.78. The van der Waals surface area contributed by atoms with Crippen LogP contribution in [-0.2, 0) is 16.4 Å². The number of nitrogens with zero attached hydrogens (tertiary/aromatic N) is 4. The minimum absolute atomic E-state index is 0.267. The number of rotatable bonds is 2. The van der Waals surface area contributed by atoms with E-state index in [-0.39, 0.29) is 11.2 Å². The summed E-state index contributed by atoms with van der Waals surface area (Å²) in [5, 5.41) is -0.279. The van der Waals surface area contributed by atoms with Crippen LogP contribution in [0.1, 0.15) is 5.56 Å². The molecule has 8 heteroatoms. The fraction of sp³-hybridized carbons (Fsp3) is 0.214. The number of benzene rings is 1. The summed E-state index contributed by atoms with van der Waals surface area (Å²) in [4.78, 5) is 23.3. The van der Waals surface area contributed by atoms with Gasteiger partial charge in [0.2, 0.25) is 15.0 Å². The van der Waals surface area contributed by atoms with E-state index in [1.54, 1.807) is 11.9 Å². The van der Waals surface area contributed by atoms with E-state index in [0.717, 1.165) is 11.9 Å². The zero-order chi connectivity index (χ0) is 15.9. The molecule has 1 aromatic carbocycles. The molecule has 114 valence electrons. The van der Waals surface area contributed by atoms with Crippen molar-refractivity contribution in [1.29, 1.82) is 0 Å². The topological polar surface area (TPSA) is 83.5 Å². The summed E-state index contributed by atoms with van der Waals surface area (Å²) in [5.74, 6) is 0.326. The molecule has 0 fully saturated rings. The number of urea groups is 1. The van der Waals surface area contributed by atoms with E-state index in [1.807, 2.05) is 30.3 Å². The van der Waals surface area contributed by atoms with Crippen molar-refractivity contribution in [2.24, 2.45) is 0 Å². The maximum Gasteiger partial charge on any atom is 0.330 e. The van der Waals surface area contributed by atoms with Crippen molar-refractivity contribution in [2.75, 3.05) is 23.1 Å². The zero-order valence-electron chi connectivity index (χ0n) is 12.1. The molecule has 1 aliphatic heterocycles. The summed E-state index contributed by atoms with van der Waals surface area (Å²) in [6.45, 7) is 0.298. The molecule has 1 aliphatic rings. The first-order valence-corrected chi connectivity index (χ1v) is 8.43. The Labute approximate surface area is 128 Å². The molecule has 0 saturated carbocycles. The van der Waals surface area contributed by atoms with Crippen molar-refractivity contribution in [3.8, 4) is 0 Å². The molecule has 2 aromatic rings. The Morgan fingerprint density at radius 1 is 1.18 bits per heavy atom. The monoisotopic (exact) mass is 318 g/mol. The summed E-state index contributed by atoms with van der Waals surface area (Å²) >= 11 is 0. The van der Waals surface area contributed by atoms with E-state index in [0.29, 0.717) is 17.9 Å². The Kier molecular flexibility index (Phi) is 3.32. The largest absolute Gasteiger partial charge is 0.330 e. The summed E-state index contributed by atoms with van der Waals surface area (Å²) in [7, 11) is -1.95. The number of carbonyl (C=O) groups is 1. The first kappa shape index (κ1) is 14.5. The average Bonchev–Trinajstić information content (AvgIpc) is 2.50. The van der Waals surface area contributed by atoms with Gasteiger partial charge < -0.3 is 0 Å². The molecule has 2 amide bonds. The standard InChI is InChI=1S/C14H14N4O3S/c1-17-12-10(8-15-13(16-12)22(2,20)21)9-18(14(17)19)11-6-4-3-5-7-11/h3-8H,9H2,1-2H3. The number of hydrogen-bond donors (Lipinski definition) is 0. The summed E-state index contributed by atoms with van der Waals surface area (Å²) in [6.07, 6.45) is 2.49. The Hall–Kier alpha value is -2.48. The molecule has 0 bridgehead atoms. The zero-order valence-corrected chi connectivity index (χ0v) is 12.9. The van der Waals surface area contributed by atoms with Gasteiger partial charge in [0.05, 0.1) is 6.54 Å². The number of amides is 2. The second-order valence-corrected chi connectivity index (χ2v) is 6.95. The van der Waals surface area contributed by atoms with Gasteiger partial charge in [-0.1, -0.05) is 18.2 Å². The van der Waals surface area contributed by atoms with Crippen LogP contribution in [0.2, 0.25) is 0 Å². The third-order valence-electron chi connectivity index (χ3n) is 3.38. The smallest absolute Gasteiger partial charge is 0.289 e. The maximum absolute atomic E-state index is 12.5. The van der Waals surface area contributed by atoms with Gasteiger partial charge in [-0.25, -0.2) is 23.2 Å². The summed E-state index contributed by atoms with van der Waals surface area (Å²) < 4.78 is 23.1. The van der Waals surface area contributed by atoms with Crippen LogP contribution in [0.5, 0.6) is 0 Å². The van der Waals surface area contributed by atoms with Gasteiger partial charge >= 0.3 is 6.03 Å². The van der Waals surface area contributed by atoms with Crippen molar-refractivity contribution >= 4 is 27.4 Å². The lowest BCUT2D eigenvalue weighted by molar-refractivity contribution is 0.251. The SMILES string of the molecule is CN1C(=O)N(c2ccccc2)Cc2cnc(S(C)(=O)=O)nc21. The quantitative estimate of drug-likeness (QED) is 0.783. The number of aromatic nitrogens is 2. The highest BCUT2D eigenvalue weighted by Crippen LogP contribution is 2.29. The molecule has 0 spiro atoms. The van der Waals surface area contributed by atoms with Crippen LogP contribution in [0.15, 0.2) is 41.7 Å². The van der Waals surface area contributed by atoms with Gasteiger partial charge in [-0.05, 0) is 12.1 Å². The van der Waals surface area contributed by atoms with E-state index < -0.39 is 9.84 Å². The number of fused-ring (bicyclic) bond motifs is 1. The minimum Gasteiger partial charge on any atom is -0.289 e. The van der Waals surface area contributed by atoms with E-state index in [9.17, 15) is 13.2 Å². The molecule has 1 aromatic heterocycles. The van der Waals surface area contributed by atoms with Crippen LogP contribution in [0, 0.1) is 0 Å². The molecule has 2 heterocycles. The molecule has 0 N–H and O–H groups in total. The predicted molar refractivity (Wildman–Crippen MR) is 81.6 cm³/mol. The van der Waals surface area contributed by atoms with Gasteiger partial charge in [0.1, 0.15) is 5.82 Å². The summed E-state index contributed by atoms with van der Waals surface area (Å²) in [5.41, 5.74) is 1.45. The number of hydrogen-bond acceptors (Lipinski definition) is 5. The Bertz CT molecular complexity index is 836. The molecular formula is C14H14N4O3S. The highest BCUT2D eigenvalue weighted by Gasteiger charge is 2.31. The van der Waals surface area contributed by atoms with Crippen LogP contribution >= 0.6 is 0 Å². The van der Waals surface area contributed by atoms with Crippen molar-refractivity contribution in [3.63, 3.8) is 0 Å². The highest BCUT2D eigenvalue weighted by molar-refractivity contribution is 7.90. The van der Waals surface area contributed by atoms with Gasteiger partial charge in [-0.3, -0.25) is 9.80 Å². The number of anilines is 2. The Balaban J connectivity index is 2.06. The second-order valence-electron chi connectivity index (χ2n) is 5.04. The lowest BCUT2D eigenvalue weighted by Gasteiger charge is -2.33. The Morgan fingerprint density at radius 2 is 1.86 bits per heavy atom. The molecule has 7 nitrogen and oxygen atoms in total. The molecular weight excluding hydrogens is 304 g/mol. The van der Waals surface area contributed by atoms with Crippen molar-refractivity contribution in [1.82, 2.24) is 9.97 Å². The molecule has 22 heavy (non-hydrogen) atoms. The highest BCUT2D eigenvalue weighted by atomic mass is 32.2. The number of para-hydroxylation sites is 1. The minimum atomic E-state index is -3.52. The first-order valence-electron chi connectivity index (χ1n) is 6.54. The number of carbonyl (C=O) groups excluding carboxylic acids is 1. The summed E-state index contributed by atoms with van der Waals surface area (Å²) in [6, 6.07) is 8.97. The number of sulfone groups is 1. The van der Waals surface area contributed by atoms with E-state index in [2.05, 4.69) is 9.97 Å². The third-order valence-corrected chi connectivity index (χ3v) is 4.24. The van der Waals surface area contributed by atoms with Crippen molar-refractivity contribution in [3.05, 3.63) is 42.1 Å². The fourth-order valence-electron chi connectivity index (χ4n) is 2.28. The molecule has 0 atom stereocenters. The molecule has 0 unspecified atom stereocenters. The van der Waals surface area contributed by atoms with Crippen LogP contribution in [0.3, 0.4) is 0 Å². The van der Waals surface area contributed by atoms with Gasteiger partial charge in [-0.2, -0.15) is 0 Å². The van der Waals surface area contributed by atoms with Gasteiger partial charge in [-0.15, -0.1) is 0 Å². The first-order chi connectivity index (χ1) is 10.4. The van der Waals surface area contributed by atoms with Crippen molar-refractivity contribution in [2.45, 2.75) is 11.7 Å². The van der Waals surface area contributed by atoms with Crippen molar-refractivity contribution < 1.29 is 13.2 Å². The Morgan fingerprint density at radius 3 is 2.50 bits per heavy atom. The maximum atomic E-state index is 12.5. The third kappa shape index (κ3) is 2.41. The lowest BCUT2D eigenvalue weighted by atomic mass is 10.2. The normalized spacial score (nSPS) is 14.9. The second kappa shape index (κ2) is 5.06. The van der Waals surface area contributed by atoms with Gasteiger partial charge in [0.25, 0.3) is 0 Å². The van der Waals surface area contributed by atoms with Crippen LogP contribution in [0.4, 0.5) is 16.3 Å². The molecule has 0 aliphatic carbocycles. The molecule has 0 saturated heterocycles. The van der Waals surface area contributed by atoms with E-state index in [4.69, 9.17) is 0 Å². The lowest BCUT2D eigenvalue weighted by Crippen LogP contribution is -2.46.